The highest BCUT2D eigenvalue weighted by Crippen LogP contribution is 2.29. The molecule has 0 aliphatic carbocycles. The number of fused-ring (bicyclic) bond motifs is 1. The molecular weight excluding hydrogens is 464 g/mol. The first-order chi connectivity index (χ1) is 15.8. The summed E-state index contributed by atoms with van der Waals surface area (Å²) in [6.45, 7) is 5.00. The fraction of sp³-hybridized carbons (Fsp3) is 0.409. The molecule has 1 aromatic carbocycles. The second-order valence-electron chi connectivity index (χ2n) is 8.30. The number of rotatable bonds is 6. The molecule has 0 bridgehead atoms. The van der Waals surface area contributed by atoms with E-state index in [1.165, 1.54) is 22.2 Å². The molecule has 0 saturated carbocycles. The maximum atomic E-state index is 13.0. The van der Waals surface area contributed by atoms with Crippen LogP contribution in [0.5, 0.6) is 0 Å². The van der Waals surface area contributed by atoms with Crippen molar-refractivity contribution in [2.75, 3.05) is 23.3 Å². The van der Waals surface area contributed by atoms with E-state index in [0.29, 0.717) is 32.7 Å². The predicted octanol–water partition coefficient (Wildman–Crippen LogP) is 2.89. The highest BCUT2D eigenvalue weighted by Gasteiger charge is 2.28. The van der Waals surface area contributed by atoms with Gasteiger partial charge < -0.3 is 15.5 Å². The van der Waals surface area contributed by atoms with Crippen molar-refractivity contribution in [3.8, 4) is 0 Å². The van der Waals surface area contributed by atoms with Crippen LogP contribution in [0.4, 0.5) is 10.8 Å². The van der Waals surface area contributed by atoms with Crippen LogP contribution in [0, 0.1) is 5.92 Å². The van der Waals surface area contributed by atoms with Gasteiger partial charge in [-0.1, -0.05) is 35.1 Å². The molecule has 2 N–H and O–H groups in total. The van der Waals surface area contributed by atoms with Crippen LogP contribution >= 0.6 is 22.9 Å². The minimum absolute atomic E-state index is 0.0424. The summed E-state index contributed by atoms with van der Waals surface area (Å²) in [6, 6.07) is 6.98. The number of nitrogens with zero attached hydrogens (tertiary/aromatic N) is 4. The topological polar surface area (TPSA) is 109 Å². The molecule has 174 valence electrons. The van der Waals surface area contributed by atoms with Crippen molar-refractivity contribution in [3.63, 3.8) is 0 Å². The molecule has 1 atom stereocenters. The molecule has 0 unspecified atom stereocenters. The van der Waals surface area contributed by atoms with Gasteiger partial charge in [0, 0.05) is 19.1 Å². The molecule has 3 heterocycles. The van der Waals surface area contributed by atoms with Crippen molar-refractivity contribution in [2.24, 2.45) is 5.92 Å². The number of benzene rings is 1. The third kappa shape index (κ3) is 5.33. The van der Waals surface area contributed by atoms with E-state index in [1.54, 1.807) is 24.3 Å². The first-order valence-corrected chi connectivity index (χ1v) is 12.0. The third-order valence-electron chi connectivity index (χ3n) is 5.33. The maximum Gasteiger partial charge on any atom is 0.273 e. The van der Waals surface area contributed by atoms with Gasteiger partial charge in [-0.3, -0.25) is 19.0 Å². The lowest BCUT2D eigenvalue weighted by Crippen LogP contribution is -2.44. The summed E-state index contributed by atoms with van der Waals surface area (Å²) in [5, 5.41) is 6.75. The lowest BCUT2D eigenvalue weighted by molar-refractivity contribution is -0.125. The smallest absolute Gasteiger partial charge is 0.273 e. The van der Waals surface area contributed by atoms with Crippen molar-refractivity contribution < 1.29 is 9.59 Å². The van der Waals surface area contributed by atoms with Gasteiger partial charge in [0.15, 0.2) is 10.8 Å². The van der Waals surface area contributed by atoms with Crippen molar-refractivity contribution in [2.45, 2.75) is 39.3 Å². The summed E-state index contributed by atoms with van der Waals surface area (Å²) < 4.78 is 1.64. The molecule has 0 spiro atoms. The van der Waals surface area contributed by atoms with Gasteiger partial charge in [-0.05, 0) is 38.8 Å². The monoisotopic (exact) mass is 488 g/mol. The van der Waals surface area contributed by atoms with Crippen LogP contribution in [-0.2, 0) is 16.1 Å². The summed E-state index contributed by atoms with van der Waals surface area (Å²) in [6.07, 6.45) is 3.02. The zero-order valence-corrected chi connectivity index (χ0v) is 19.9. The number of nitrogens with one attached hydrogen (secondary N) is 2. The Balaban J connectivity index is 1.50. The lowest BCUT2D eigenvalue weighted by Gasteiger charge is -2.32. The van der Waals surface area contributed by atoms with Crippen molar-refractivity contribution in [3.05, 3.63) is 46.0 Å². The number of amides is 2. The second-order valence-corrected chi connectivity index (χ2v) is 9.69. The molecule has 1 saturated heterocycles. The highest BCUT2D eigenvalue weighted by atomic mass is 35.5. The first-order valence-electron chi connectivity index (χ1n) is 10.8. The molecule has 2 aromatic heterocycles. The highest BCUT2D eigenvalue weighted by molar-refractivity contribution is 7.22. The van der Waals surface area contributed by atoms with Crippen LogP contribution in [0.25, 0.3) is 10.3 Å². The van der Waals surface area contributed by atoms with Gasteiger partial charge in [-0.15, -0.1) is 0 Å². The van der Waals surface area contributed by atoms with Gasteiger partial charge in [-0.2, -0.15) is 4.98 Å². The number of hydrogen-bond acceptors (Lipinski definition) is 7. The van der Waals surface area contributed by atoms with Crippen molar-refractivity contribution in [1.82, 2.24) is 19.9 Å². The Kier molecular flexibility index (Phi) is 6.94. The molecule has 33 heavy (non-hydrogen) atoms. The average molecular weight is 489 g/mol. The van der Waals surface area contributed by atoms with Crippen LogP contribution in [0.3, 0.4) is 0 Å². The Morgan fingerprint density at radius 1 is 1.30 bits per heavy atom. The van der Waals surface area contributed by atoms with E-state index >= 15 is 0 Å². The number of piperidine rings is 1. The summed E-state index contributed by atoms with van der Waals surface area (Å²) in [5.41, 5.74) is 0.494. The number of carbonyl (C=O) groups is 2. The number of thiazole rings is 1. The summed E-state index contributed by atoms with van der Waals surface area (Å²) in [4.78, 5) is 48.7. The molecule has 9 nitrogen and oxygen atoms in total. The van der Waals surface area contributed by atoms with Crippen LogP contribution in [0.15, 0.2) is 35.4 Å². The lowest BCUT2D eigenvalue weighted by atomic mass is 9.97. The SMILES string of the molecule is CC(C)NC(=O)[C@@H]1CCCN(c2nc3ncn(CC(=O)Nc4ccccc4Cl)c(=O)c3s2)C1. The molecule has 1 aliphatic heterocycles. The zero-order valence-electron chi connectivity index (χ0n) is 18.4. The van der Waals surface area contributed by atoms with Crippen LogP contribution in [0.1, 0.15) is 26.7 Å². The zero-order chi connectivity index (χ0) is 23.5. The Bertz CT molecular complexity index is 1240. The Hall–Kier alpha value is -2.98. The molecule has 4 rings (SSSR count). The molecule has 1 fully saturated rings. The van der Waals surface area contributed by atoms with Crippen LogP contribution in [0.2, 0.25) is 5.02 Å². The van der Waals surface area contributed by atoms with Crippen molar-refractivity contribution in [1.29, 1.82) is 0 Å². The van der Waals surface area contributed by atoms with E-state index in [4.69, 9.17) is 11.6 Å². The average Bonchev–Trinajstić information content (AvgIpc) is 3.22. The quantitative estimate of drug-likeness (QED) is 0.552. The Labute approximate surface area is 199 Å². The number of anilines is 2. The van der Waals surface area contributed by atoms with E-state index < -0.39 is 0 Å². The van der Waals surface area contributed by atoms with Gasteiger partial charge >= 0.3 is 0 Å². The number of hydrogen-bond donors (Lipinski definition) is 2. The Morgan fingerprint density at radius 2 is 2.09 bits per heavy atom. The minimum Gasteiger partial charge on any atom is -0.354 e. The van der Waals surface area contributed by atoms with E-state index in [1.807, 2.05) is 18.7 Å². The molecule has 3 aromatic rings. The van der Waals surface area contributed by atoms with E-state index in [0.717, 1.165) is 19.4 Å². The van der Waals surface area contributed by atoms with Gasteiger partial charge in [0.25, 0.3) is 5.56 Å². The van der Waals surface area contributed by atoms with Crippen molar-refractivity contribution >= 4 is 55.9 Å². The summed E-state index contributed by atoms with van der Waals surface area (Å²) in [7, 11) is 0. The standard InChI is InChI=1S/C22H25ClN6O3S/c1-13(2)25-20(31)14-6-5-9-28(10-14)22-27-19-18(33-22)21(32)29(12-24-19)11-17(30)26-16-8-4-3-7-15(16)23/h3-4,7-8,12-14H,5-6,9-11H2,1-2H3,(H,25,31)(H,26,30)/t14-/m1/s1. The molecule has 0 radical (unpaired) electrons. The van der Waals surface area contributed by atoms with Gasteiger partial charge in [-0.25, -0.2) is 4.98 Å². The number of carbonyl (C=O) groups excluding carboxylic acids is 2. The Morgan fingerprint density at radius 3 is 2.85 bits per heavy atom. The summed E-state index contributed by atoms with van der Waals surface area (Å²) >= 11 is 7.32. The second kappa shape index (κ2) is 9.88. The molecule has 11 heteroatoms. The molecule has 2 amide bonds. The number of aromatic nitrogens is 3. The van der Waals surface area contributed by atoms with Crippen LogP contribution < -0.4 is 21.1 Å². The van der Waals surface area contributed by atoms with E-state index in [2.05, 4.69) is 20.6 Å². The van der Waals surface area contributed by atoms with Gasteiger partial charge in [0.1, 0.15) is 17.6 Å². The fourth-order valence-electron chi connectivity index (χ4n) is 3.76. The normalized spacial score (nSPS) is 16.2. The van der Waals surface area contributed by atoms with Gasteiger partial charge in [0.05, 0.1) is 16.6 Å². The number of halogens is 1. The van der Waals surface area contributed by atoms with Gasteiger partial charge in [0.2, 0.25) is 11.8 Å². The largest absolute Gasteiger partial charge is 0.354 e. The maximum absolute atomic E-state index is 13.0. The van der Waals surface area contributed by atoms with E-state index in [-0.39, 0.29) is 35.9 Å². The minimum atomic E-state index is -0.383. The molecular formula is C22H25ClN6O3S. The summed E-state index contributed by atoms with van der Waals surface area (Å²) in [5.74, 6) is -0.460. The first kappa shape index (κ1) is 23.2. The molecule has 1 aliphatic rings. The van der Waals surface area contributed by atoms with E-state index in [9.17, 15) is 14.4 Å². The predicted molar refractivity (Wildman–Crippen MR) is 130 cm³/mol. The van der Waals surface area contributed by atoms with Crippen LogP contribution in [-0.4, -0.2) is 45.5 Å². The fourth-order valence-corrected chi connectivity index (χ4v) is 4.94. The third-order valence-corrected chi connectivity index (χ3v) is 6.75. The number of para-hydroxylation sites is 1.